The summed E-state index contributed by atoms with van der Waals surface area (Å²) in [5.74, 6) is 0.125. The molecule has 0 aliphatic carbocycles. The van der Waals surface area contributed by atoms with Crippen LogP contribution in [0.4, 0.5) is 5.13 Å². The van der Waals surface area contributed by atoms with E-state index >= 15 is 0 Å². The lowest BCUT2D eigenvalue weighted by molar-refractivity contribution is -0.135. The lowest BCUT2D eigenvalue weighted by Gasteiger charge is -2.34. The Morgan fingerprint density at radius 3 is 2.71 bits per heavy atom. The number of amides is 2. The molecule has 1 aromatic carbocycles. The Bertz CT molecular complexity index is 789. The SMILES string of the molecule is CCN(CC)C(=O)C1CCCN(c2ncc(C(=O)NCc3ccccc3)s2)C1. The van der Waals surface area contributed by atoms with Gasteiger partial charge in [-0.1, -0.05) is 41.7 Å². The van der Waals surface area contributed by atoms with Gasteiger partial charge in [0.15, 0.2) is 5.13 Å². The standard InChI is InChI=1S/C21H28N4O2S/c1-3-24(4-2)20(27)17-11-8-12-25(15-17)21-23-14-18(28-21)19(26)22-13-16-9-6-5-7-10-16/h5-7,9-10,14,17H,3-4,8,11-13,15H2,1-2H3,(H,22,26). The molecule has 1 atom stereocenters. The maximum atomic E-state index is 12.7. The molecular weight excluding hydrogens is 372 g/mol. The van der Waals surface area contributed by atoms with Gasteiger partial charge >= 0.3 is 0 Å². The van der Waals surface area contributed by atoms with Crippen LogP contribution < -0.4 is 10.2 Å². The van der Waals surface area contributed by atoms with Gasteiger partial charge in [0.05, 0.1) is 12.1 Å². The van der Waals surface area contributed by atoms with Crippen molar-refractivity contribution in [3.63, 3.8) is 0 Å². The third-order valence-corrected chi connectivity index (χ3v) is 6.19. The minimum absolute atomic E-state index is 0.00732. The fraction of sp³-hybridized carbons (Fsp3) is 0.476. The number of benzene rings is 1. The molecule has 3 rings (SSSR count). The molecule has 0 spiro atoms. The summed E-state index contributed by atoms with van der Waals surface area (Å²) in [6.45, 7) is 7.57. The number of rotatable bonds is 7. The molecular formula is C21H28N4O2S. The van der Waals surface area contributed by atoms with Crippen molar-refractivity contribution in [1.82, 2.24) is 15.2 Å². The summed E-state index contributed by atoms with van der Waals surface area (Å²) in [4.78, 5) is 34.2. The van der Waals surface area contributed by atoms with Crippen LogP contribution in [0.5, 0.6) is 0 Å². The summed E-state index contributed by atoms with van der Waals surface area (Å²) < 4.78 is 0. The van der Waals surface area contributed by atoms with E-state index in [9.17, 15) is 9.59 Å². The molecule has 1 unspecified atom stereocenters. The molecule has 0 bridgehead atoms. The van der Waals surface area contributed by atoms with Crippen LogP contribution in [0.2, 0.25) is 0 Å². The first-order valence-electron chi connectivity index (χ1n) is 9.94. The van der Waals surface area contributed by atoms with Crippen LogP contribution in [0.3, 0.4) is 0 Å². The molecule has 1 fully saturated rings. The van der Waals surface area contributed by atoms with E-state index < -0.39 is 0 Å². The zero-order valence-electron chi connectivity index (χ0n) is 16.6. The third kappa shape index (κ3) is 4.90. The molecule has 1 aromatic heterocycles. The summed E-state index contributed by atoms with van der Waals surface area (Å²) in [6.07, 6.45) is 3.52. The van der Waals surface area contributed by atoms with Crippen LogP contribution in [-0.4, -0.2) is 47.9 Å². The maximum absolute atomic E-state index is 12.7. The van der Waals surface area contributed by atoms with Gasteiger partial charge < -0.3 is 15.1 Å². The number of hydrogen-bond acceptors (Lipinski definition) is 5. The maximum Gasteiger partial charge on any atom is 0.263 e. The van der Waals surface area contributed by atoms with Crippen molar-refractivity contribution in [2.75, 3.05) is 31.1 Å². The van der Waals surface area contributed by atoms with Gasteiger partial charge in [0.2, 0.25) is 5.91 Å². The number of aromatic nitrogens is 1. The van der Waals surface area contributed by atoms with Crippen molar-refractivity contribution in [3.8, 4) is 0 Å². The number of nitrogens with zero attached hydrogens (tertiary/aromatic N) is 3. The zero-order valence-corrected chi connectivity index (χ0v) is 17.4. The fourth-order valence-electron chi connectivity index (χ4n) is 3.53. The quantitative estimate of drug-likeness (QED) is 0.775. The number of piperidine rings is 1. The molecule has 6 nitrogen and oxygen atoms in total. The first-order chi connectivity index (χ1) is 13.6. The predicted molar refractivity (Wildman–Crippen MR) is 113 cm³/mol. The summed E-state index contributed by atoms with van der Waals surface area (Å²) in [7, 11) is 0. The number of anilines is 1. The molecule has 1 N–H and O–H groups in total. The largest absolute Gasteiger partial charge is 0.347 e. The van der Waals surface area contributed by atoms with Crippen molar-refractivity contribution in [2.24, 2.45) is 5.92 Å². The first kappa shape index (κ1) is 20.3. The van der Waals surface area contributed by atoms with E-state index in [1.807, 2.05) is 49.1 Å². The second-order valence-corrected chi connectivity index (χ2v) is 7.98. The van der Waals surface area contributed by atoms with Crippen LogP contribution in [0, 0.1) is 5.92 Å². The number of hydrogen-bond donors (Lipinski definition) is 1. The smallest absolute Gasteiger partial charge is 0.263 e. The van der Waals surface area contributed by atoms with Gasteiger partial charge in [-0.15, -0.1) is 0 Å². The fourth-order valence-corrected chi connectivity index (χ4v) is 4.39. The minimum Gasteiger partial charge on any atom is -0.347 e. The molecule has 0 saturated carbocycles. The van der Waals surface area contributed by atoms with Crippen LogP contribution in [0.25, 0.3) is 0 Å². The van der Waals surface area contributed by atoms with Crippen molar-refractivity contribution in [2.45, 2.75) is 33.2 Å². The number of thiazole rings is 1. The molecule has 1 aliphatic rings. The molecule has 2 heterocycles. The second kappa shape index (κ2) is 9.68. The Morgan fingerprint density at radius 2 is 2.00 bits per heavy atom. The summed E-state index contributed by atoms with van der Waals surface area (Å²) in [6, 6.07) is 9.84. The highest BCUT2D eigenvalue weighted by molar-refractivity contribution is 7.17. The Balaban J connectivity index is 1.59. The van der Waals surface area contributed by atoms with Crippen molar-refractivity contribution in [3.05, 3.63) is 47.0 Å². The third-order valence-electron chi connectivity index (χ3n) is 5.13. The highest BCUT2D eigenvalue weighted by Crippen LogP contribution is 2.28. The molecule has 28 heavy (non-hydrogen) atoms. The molecule has 1 saturated heterocycles. The molecule has 2 amide bonds. The van der Waals surface area contributed by atoms with Crippen LogP contribution in [0.1, 0.15) is 41.9 Å². The van der Waals surface area contributed by atoms with Gasteiger partial charge in [-0.2, -0.15) is 0 Å². The zero-order chi connectivity index (χ0) is 19.9. The molecule has 2 aromatic rings. The van der Waals surface area contributed by atoms with E-state index in [0.717, 1.165) is 43.2 Å². The van der Waals surface area contributed by atoms with Crippen molar-refractivity contribution >= 4 is 28.3 Å². The molecule has 1 aliphatic heterocycles. The van der Waals surface area contributed by atoms with Crippen molar-refractivity contribution < 1.29 is 9.59 Å². The molecule has 150 valence electrons. The van der Waals surface area contributed by atoms with Gasteiger partial charge in [0.1, 0.15) is 4.88 Å². The monoisotopic (exact) mass is 400 g/mol. The second-order valence-electron chi connectivity index (χ2n) is 6.97. The first-order valence-corrected chi connectivity index (χ1v) is 10.8. The Morgan fingerprint density at radius 1 is 1.25 bits per heavy atom. The number of nitrogens with one attached hydrogen (secondary N) is 1. The van der Waals surface area contributed by atoms with Gasteiger partial charge in [-0.05, 0) is 32.3 Å². The summed E-state index contributed by atoms with van der Waals surface area (Å²) in [5.41, 5.74) is 1.06. The topological polar surface area (TPSA) is 65.5 Å². The van der Waals surface area contributed by atoms with Crippen molar-refractivity contribution in [1.29, 1.82) is 0 Å². The van der Waals surface area contributed by atoms with E-state index in [1.54, 1.807) is 6.20 Å². The lowest BCUT2D eigenvalue weighted by atomic mass is 9.97. The van der Waals surface area contributed by atoms with Crippen LogP contribution in [-0.2, 0) is 11.3 Å². The van der Waals surface area contributed by atoms with E-state index in [4.69, 9.17) is 0 Å². The lowest BCUT2D eigenvalue weighted by Crippen LogP contribution is -2.44. The summed E-state index contributed by atoms with van der Waals surface area (Å²) >= 11 is 1.39. The van der Waals surface area contributed by atoms with E-state index in [-0.39, 0.29) is 17.7 Å². The number of carbonyl (C=O) groups excluding carboxylic acids is 2. The van der Waals surface area contributed by atoms with E-state index in [0.29, 0.717) is 18.0 Å². The highest BCUT2D eigenvalue weighted by atomic mass is 32.1. The average molecular weight is 401 g/mol. The Kier molecular flexibility index (Phi) is 7.03. The van der Waals surface area contributed by atoms with Crippen LogP contribution in [0.15, 0.2) is 36.5 Å². The average Bonchev–Trinajstić information content (AvgIpc) is 3.24. The van der Waals surface area contributed by atoms with E-state index in [1.165, 1.54) is 11.3 Å². The Labute approximate surface area is 170 Å². The Hall–Kier alpha value is -2.41. The van der Waals surface area contributed by atoms with Gasteiger partial charge in [-0.3, -0.25) is 9.59 Å². The predicted octanol–water partition coefficient (Wildman–Crippen LogP) is 3.16. The van der Waals surface area contributed by atoms with Gasteiger partial charge in [-0.25, -0.2) is 4.98 Å². The van der Waals surface area contributed by atoms with Crippen LogP contribution >= 0.6 is 11.3 Å². The van der Waals surface area contributed by atoms with Gasteiger partial charge in [0.25, 0.3) is 5.91 Å². The molecule has 0 radical (unpaired) electrons. The normalized spacial score (nSPS) is 16.6. The minimum atomic E-state index is -0.111. The highest BCUT2D eigenvalue weighted by Gasteiger charge is 2.29. The summed E-state index contributed by atoms with van der Waals surface area (Å²) in [5, 5.41) is 3.76. The van der Waals surface area contributed by atoms with E-state index in [2.05, 4.69) is 15.2 Å². The number of carbonyl (C=O) groups is 2. The molecule has 7 heteroatoms. The van der Waals surface area contributed by atoms with Gasteiger partial charge in [0, 0.05) is 32.7 Å².